The Kier molecular flexibility index (Phi) is 7.18. The summed E-state index contributed by atoms with van der Waals surface area (Å²) in [5, 5.41) is 20.2. The van der Waals surface area contributed by atoms with Crippen LogP contribution in [0.5, 0.6) is 11.5 Å². The highest BCUT2D eigenvalue weighted by molar-refractivity contribution is 5.87. The van der Waals surface area contributed by atoms with Crippen LogP contribution in [0.15, 0.2) is 23.8 Å². The van der Waals surface area contributed by atoms with Crippen LogP contribution in [0.3, 0.4) is 0 Å². The van der Waals surface area contributed by atoms with Crippen LogP contribution in [-0.4, -0.2) is 34.1 Å². The van der Waals surface area contributed by atoms with Crippen molar-refractivity contribution in [3.05, 3.63) is 34.9 Å². The lowest BCUT2D eigenvalue weighted by Gasteiger charge is -2.47. The number of allylic oxidation sites excluding steroid dienone is 1. The van der Waals surface area contributed by atoms with Gasteiger partial charge in [0.05, 0.1) is 0 Å². The van der Waals surface area contributed by atoms with Gasteiger partial charge < -0.3 is 14.9 Å². The molecule has 2 aliphatic rings. The van der Waals surface area contributed by atoms with Gasteiger partial charge in [0.15, 0.2) is 5.41 Å². The van der Waals surface area contributed by atoms with Crippen LogP contribution in [0, 0.1) is 5.92 Å². The molecule has 1 aromatic rings. The van der Waals surface area contributed by atoms with E-state index in [1.807, 2.05) is 0 Å². The van der Waals surface area contributed by atoms with Crippen LogP contribution < -0.4 is 4.74 Å². The Hall–Kier alpha value is -2.39. The van der Waals surface area contributed by atoms with Gasteiger partial charge >= 0.3 is 18.3 Å². The molecule has 10 heteroatoms. The van der Waals surface area contributed by atoms with E-state index in [0.717, 1.165) is 6.07 Å². The van der Waals surface area contributed by atoms with E-state index in [1.165, 1.54) is 0 Å². The summed E-state index contributed by atoms with van der Waals surface area (Å²) in [4.78, 5) is 11.5. The standard InChI is InChI=1S/C25H30F6O4/c1-4-5-6-7-10-23(24(26,27)28,25(29,30)31)15-12-18(32)20-16-11-14(21(33)34)8-9-17(16)22(2,3)35-19(20)13-15/h8,12-13,16-17,32H,4-7,9-11H2,1-3H3,(H,33,34). The van der Waals surface area contributed by atoms with E-state index >= 15 is 0 Å². The molecular weight excluding hydrogens is 478 g/mol. The van der Waals surface area contributed by atoms with Gasteiger partial charge in [-0.25, -0.2) is 4.79 Å². The van der Waals surface area contributed by atoms with Crippen LogP contribution >= 0.6 is 0 Å². The quantitative estimate of drug-likeness (QED) is 0.298. The molecular formula is C25H30F6O4. The number of carboxylic acid groups (broad SMARTS) is 1. The first-order valence-corrected chi connectivity index (χ1v) is 11.7. The van der Waals surface area contributed by atoms with Gasteiger partial charge in [-0.05, 0) is 50.8 Å². The molecule has 0 amide bonds. The Morgan fingerprint density at radius 3 is 2.26 bits per heavy atom. The number of hydrogen-bond acceptors (Lipinski definition) is 3. The van der Waals surface area contributed by atoms with Crippen molar-refractivity contribution in [2.45, 2.75) is 95.0 Å². The summed E-state index contributed by atoms with van der Waals surface area (Å²) >= 11 is 0. The summed E-state index contributed by atoms with van der Waals surface area (Å²) < 4.78 is 91.6. The van der Waals surface area contributed by atoms with Gasteiger partial charge in [0, 0.05) is 23.0 Å². The Labute approximate surface area is 200 Å². The van der Waals surface area contributed by atoms with E-state index in [4.69, 9.17) is 4.74 Å². The summed E-state index contributed by atoms with van der Waals surface area (Å²) in [6.45, 7) is 5.11. The molecule has 35 heavy (non-hydrogen) atoms. The van der Waals surface area contributed by atoms with Crippen molar-refractivity contribution >= 4 is 5.97 Å². The normalized spacial score (nSPS) is 22.0. The van der Waals surface area contributed by atoms with Crippen LogP contribution in [0.2, 0.25) is 0 Å². The molecule has 0 spiro atoms. The van der Waals surface area contributed by atoms with Crippen LogP contribution in [0.25, 0.3) is 0 Å². The fraction of sp³-hybridized carbons (Fsp3) is 0.640. The lowest BCUT2D eigenvalue weighted by molar-refractivity contribution is -0.305. The van der Waals surface area contributed by atoms with Gasteiger partial charge in [-0.2, -0.15) is 26.3 Å². The molecule has 1 aliphatic heterocycles. The first kappa shape index (κ1) is 27.2. The number of phenolic OH excluding ortho intramolecular Hbond substituents is 1. The fourth-order valence-corrected chi connectivity index (χ4v) is 5.55. The fourth-order valence-electron chi connectivity index (χ4n) is 5.55. The van der Waals surface area contributed by atoms with E-state index in [0.29, 0.717) is 18.9 Å². The number of carbonyl (C=O) groups is 1. The van der Waals surface area contributed by atoms with Gasteiger partial charge in [-0.3, -0.25) is 0 Å². The Morgan fingerprint density at radius 1 is 1.09 bits per heavy atom. The van der Waals surface area contributed by atoms with E-state index < -0.39 is 53.0 Å². The largest absolute Gasteiger partial charge is 0.508 e. The molecule has 0 saturated heterocycles. The molecule has 0 radical (unpaired) electrons. The zero-order chi connectivity index (χ0) is 26.4. The zero-order valence-electron chi connectivity index (χ0n) is 19.8. The zero-order valence-corrected chi connectivity index (χ0v) is 19.8. The molecule has 1 aliphatic carbocycles. The number of phenols is 1. The van der Waals surface area contributed by atoms with Gasteiger partial charge in [0.2, 0.25) is 0 Å². The second-order valence-electron chi connectivity index (χ2n) is 10.0. The number of benzene rings is 1. The van der Waals surface area contributed by atoms with Crippen molar-refractivity contribution in [1.29, 1.82) is 0 Å². The lowest BCUT2D eigenvalue weighted by atomic mass is 9.66. The first-order chi connectivity index (χ1) is 16.1. The van der Waals surface area contributed by atoms with Crippen LogP contribution in [0.1, 0.15) is 82.8 Å². The van der Waals surface area contributed by atoms with E-state index in [1.54, 1.807) is 26.8 Å². The molecule has 1 heterocycles. The molecule has 0 bridgehead atoms. The molecule has 2 N–H and O–H groups in total. The number of carboxylic acids is 1. The smallest absolute Gasteiger partial charge is 0.407 e. The number of hydrogen-bond donors (Lipinski definition) is 2. The highest BCUT2D eigenvalue weighted by Gasteiger charge is 2.71. The number of ether oxygens (including phenoxy) is 1. The second kappa shape index (κ2) is 9.24. The van der Waals surface area contributed by atoms with Gasteiger partial charge in [0.25, 0.3) is 0 Å². The predicted octanol–water partition coefficient (Wildman–Crippen LogP) is 7.40. The number of aromatic hydroxyl groups is 1. The predicted molar refractivity (Wildman–Crippen MR) is 117 cm³/mol. The van der Waals surface area contributed by atoms with Crippen LogP contribution in [0.4, 0.5) is 26.3 Å². The van der Waals surface area contributed by atoms with E-state index in [9.17, 15) is 41.4 Å². The highest BCUT2D eigenvalue weighted by atomic mass is 19.4. The highest BCUT2D eigenvalue weighted by Crippen LogP contribution is 2.59. The summed E-state index contributed by atoms with van der Waals surface area (Å²) in [5.41, 5.74) is -6.18. The number of halogens is 6. The number of aliphatic carboxylic acids is 1. The Balaban J connectivity index is 2.18. The van der Waals surface area contributed by atoms with Crippen molar-refractivity contribution in [2.75, 3.05) is 0 Å². The van der Waals surface area contributed by atoms with E-state index in [-0.39, 0.29) is 48.5 Å². The monoisotopic (exact) mass is 508 g/mol. The Morgan fingerprint density at radius 2 is 1.71 bits per heavy atom. The summed E-state index contributed by atoms with van der Waals surface area (Å²) in [6, 6.07) is 1.28. The van der Waals surface area contributed by atoms with E-state index in [2.05, 4.69) is 0 Å². The number of alkyl halides is 6. The second-order valence-corrected chi connectivity index (χ2v) is 10.0. The molecule has 1 aromatic carbocycles. The van der Waals surface area contributed by atoms with Crippen molar-refractivity contribution in [3.63, 3.8) is 0 Å². The summed E-state index contributed by atoms with van der Waals surface area (Å²) in [5.74, 6) is -3.13. The summed E-state index contributed by atoms with van der Waals surface area (Å²) in [7, 11) is 0. The maximum Gasteiger partial charge on any atom is 0.407 e. The molecule has 3 rings (SSSR count). The summed E-state index contributed by atoms with van der Waals surface area (Å²) in [6.07, 6.45) is -9.69. The maximum atomic E-state index is 14.3. The van der Waals surface area contributed by atoms with Crippen molar-refractivity contribution in [2.24, 2.45) is 5.92 Å². The number of rotatable bonds is 7. The van der Waals surface area contributed by atoms with Crippen molar-refractivity contribution < 1.29 is 46.1 Å². The van der Waals surface area contributed by atoms with Gasteiger partial charge in [0.1, 0.15) is 17.1 Å². The third-order valence-corrected chi connectivity index (χ3v) is 7.44. The van der Waals surface area contributed by atoms with Gasteiger partial charge in [-0.1, -0.05) is 38.7 Å². The minimum Gasteiger partial charge on any atom is -0.508 e. The number of unbranched alkanes of at least 4 members (excludes halogenated alkanes) is 3. The van der Waals surface area contributed by atoms with Crippen LogP contribution in [-0.2, 0) is 10.2 Å². The molecule has 0 saturated carbocycles. The minimum absolute atomic E-state index is 0.0204. The first-order valence-electron chi connectivity index (χ1n) is 11.7. The van der Waals surface area contributed by atoms with Gasteiger partial charge in [-0.15, -0.1) is 0 Å². The maximum absolute atomic E-state index is 14.3. The third kappa shape index (κ3) is 4.72. The average Bonchev–Trinajstić information content (AvgIpc) is 2.70. The third-order valence-electron chi connectivity index (χ3n) is 7.44. The average molecular weight is 508 g/mol. The van der Waals surface area contributed by atoms with Crippen molar-refractivity contribution in [1.82, 2.24) is 0 Å². The van der Waals surface area contributed by atoms with Crippen molar-refractivity contribution in [3.8, 4) is 11.5 Å². The number of fused-ring (bicyclic) bond motifs is 3. The molecule has 0 aromatic heterocycles. The Bertz CT molecular complexity index is 979. The molecule has 0 fully saturated rings. The molecule has 2 atom stereocenters. The SMILES string of the molecule is CCCCCCC(c1cc(O)c2c(c1)OC(C)(C)C1CC=C(C(=O)O)CC21)(C(F)(F)F)C(F)(F)F. The molecule has 196 valence electrons. The minimum atomic E-state index is -5.67. The molecule has 2 unspecified atom stereocenters. The lowest BCUT2D eigenvalue weighted by Crippen LogP contribution is -2.54. The molecule has 4 nitrogen and oxygen atoms in total. The topological polar surface area (TPSA) is 66.8 Å².